The Hall–Kier alpha value is -1.83. The Kier molecular flexibility index (Phi) is 4.66. The highest BCUT2D eigenvalue weighted by atomic mass is 19.4. The standard InChI is InChI=1S/C13H15F3N2O3/c1-2-20-8-11(19)18-6-9(7-18)21-12-10(13(14,15)16)4-3-5-17-12/h3-5,9H,2,6-8H2,1H3. The van der Waals surface area contributed by atoms with Gasteiger partial charge in [-0.3, -0.25) is 4.79 Å². The largest absolute Gasteiger partial charge is 0.470 e. The highest BCUT2D eigenvalue weighted by molar-refractivity contribution is 5.78. The number of hydrogen-bond donors (Lipinski definition) is 0. The maximum Gasteiger partial charge on any atom is 0.421 e. The molecule has 1 aromatic rings. The Morgan fingerprint density at radius 1 is 1.48 bits per heavy atom. The fourth-order valence-electron chi connectivity index (χ4n) is 1.86. The summed E-state index contributed by atoms with van der Waals surface area (Å²) in [6.45, 7) is 2.65. The van der Waals surface area contributed by atoms with Crippen LogP contribution in [0.2, 0.25) is 0 Å². The van der Waals surface area contributed by atoms with Crippen molar-refractivity contribution in [2.24, 2.45) is 0 Å². The monoisotopic (exact) mass is 304 g/mol. The van der Waals surface area contributed by atoms with Crippen LogP contribution in [0.4, 0.5) is 13.2 Å². The number of ether oxygens (including phenoxy) is 2. The molecule has 116 valence electrons. The SMILES string of the molecule is CCOCC(=O)N1CC(Oc2ncccc2C(F)(F)F)C1. The number of aromatic nitrogens is 1. The Labute approximate surface area is 119 Å². The number of amides is 1. The normalized spacial score (nSPS) is 15.7. The van der Waals surface area contributed by atoms with E-state index >= 15 is 0 Å². The third kappa shape index (κ3) is 3.84. The number of rotatable bonds is 5. The molecule has 2 rings (SSSR count). The van der Waals surface area contributed by atoms with Crippen molar-refractivity contribution in [3.63, 3.8) is 0 Å². The van der Waals surface area contributed by atoms with Gasteiger partial charge in [0.15, 0.2) is 0 Å². The molecule has 8 heteroatoms. The van der Waals surface area contributed by atoms with Gasteiger partial charge in [0.05, 0.1) is 13.1 Å². The van der Waals surface area contributed by atoms with Crippen LogP contribution in [0.1, 0.15) is 12.5 Å². The van der Waals surface area contributed by atoms with Gasteiger partial charge in [-0.1, -0.05) is 0 Å². The summed E-state index contributed by atoms with van der Waals surface area (Å²) < 4.78 is 48.5. The fourth-order valence-corrected chi connectivity index (χ4v) is 1.86. The van der Waals surface area contributed by atoms with E-state index in [1.807, 2.05) is 0 Å². The van der Waals surface area contributed by atoms with Crippen LogP contribution in [-0.2, 0) is 15.7 Å². The Morgan fingerprint density at radius 3 is 2.81 bits per heavy atom. The number of carbonyl (C=O) groups is 1. The summed E-state index contributed by atoms with van der Waals surface area (Å²) in [5.41, 5.74) is -0.913. The second-order valence-corrected chi connectivity index (χ2v) is 4.53. The topological polar surface area (TPSA) is 51.7 Å². The minimum Gasteiger partial charge on any atom is -0.470 e. The molecule has 0 N–H and O–H groups in total. The molecule has 0 saturated carbocycles. The van der Waals surface area contributed by atoms with E-state index in [1.54, 1.807) is 6.92 Å². The first kappa shape index (κ1) is 15.6. The summed E-state index contributed by atoms with van der Waals surface area (Å²) in [5.74, 6) is -0.652. The average Bonchev–Trinajstić information content (AvgIpc) is 2.39. The smallest absolute Gasteiger partial charge is 0.421 e. The van der Waals surface area contributed by atoms with E-state index in [0.717, 1.165) is 6.07 Å². The molecule has 21 heavy (non-hydrogen) atoms. The number of likely N-dealkylation sites (tertiary alicyclic amines) is 1. The minimum absolute atomic E-state index is 0.0272. The summed E-state index contributed by atoms with van der Waals surface area (Å²) >= 11 is 0. The van der Waals surface area contributed by atoms with E-state index in [1.165, 1.54) is 17.2 Å². The zero-order valence-electron chi connectivity index (χ0n) is 11.4. The van der Waals surface area contributed by atoms with Crippen LogP contribution in [-0.4, -0.2) is 48.2 Å². The predicted molar refractivity (Wildman–Crippen MR) is 66.7 cm³/mol. The molecule has 5 nitrogen and oxygen atoms in total. The number of hydrogen-bond acceptors (Lipinski definition) is 4. The van der Waals surface area contributed by atoms with Crippen molar-refractivity contribution in [2.45, 2.75) is 19.2 Å². The number of halogens is 3. The Balaban J connectivity index is 1.90. The van der Waals surface area contributed by atoms with E-state index in [4.69, 9.17) is 9.47 Å². The number of pyridine rings is 1. The highest BCUT2D eigenvalue weighted by Gasteiger charge is 2.38. The maximum atomic E-state index is 12.8. The van der Waals surface area contributed by atoms with E-state index in [9.17, 15) is 18.0 Å². The maximum absolute atomic E-state index is 12.8. The molecule has 1 aromatic heterocycles. The van der Waals surface area contributed by atoms with Crippen LogP contribution in [0.5, 0.6) is 5.88 Å². The lowest BCUT2D eigenvalue weighted by Crippen LogP contribution is -2.57. The van der Waals surface area contributed by atoms with Crippen LogP contribution in [0, 0.1) is 0 Å². The van der Waals surface area contributed by atoms with Gasteiger partial charge in [-0.2, -0.15) is 13.2 Å². The second-order valence-electron chi connectivity index (χ2n) is 4.53. The van der Waals surface area contributed by atoms with Gasteiger partial charge in [-0.05, 0) is 19.1 Å². The van der Waals surface area contributed by atoms with Crippen molar-refractivity contribution < 1.29 is 27.4 Å². The van der Waals surface area contributed by atoms with Crippen molar-refractivity contribution in [1.29, 1.82) is 0 Å². The highest BCUT2D eigenvalue weighted by Crippen LogP contribution is 2.35. The Bertz CT molecular complexity index is 502. The summed E-state index contributed by atoms with van der Waals surface area (Å²) in [6.07, 6.45) is -3.76. The number of nitrogens with zero attached hydrogens (tertiary/aromatic N) is 2. The molecule has 1 fully saturated rings. The van der Waals surface area contributed by atoms with E-state index in [-0.39, 0.29) is 25.6 Å². The first-order valence-electron chi connectivity index (χ1n) is 6.46. The molecule has 0 unspecified atom stereocenters. The molecule has 2 heterocycles. The quantitative estimate of drug-likeness (QED) is 0.831. The molecule has 0 aliphatic carbocycles. The van der Waals surface area contributed by atoms with Crippen molar-refractivity contribution in [3.8, 4) is 5.88 Å². The molecule has 0 atom stereocenters. The molecule has 0 spiro atoms. The zero-order chi connectivity index (χ0) is 15.5. The molecular formula is C13H15F3N2O3. The summed E-state index contributed by atoms with van der Waals surface area (Å²) in [6, 6.07) is 2.12. The van der Waals surface area contributed by atoms with Crippen molar-refractivity contribution in [3.05, 3.63) is 23.9 Å². The van der Waals surface area contributed by atoms with Crippen LogP contribution in [0.25, 0.3) is 0 Å². The predicted octanol–water partition coefficient (Wildman–Crippen LogP) is 1.73. The number of alkyl halides is 3. The molecule has 0 bridgehead atoms. The molecular weight excluding hydrogens is 289 g/mol. The zero-order valence-corrected chi connectivity index (χ0v) is 11.4. The molecule has 1 amide bonds. The molecule has 0 radical (unpaired) electrons. The van der Waals surface area contributed by atoms with Crippen LogP contribution in [0.3, 0.4) is 0 Å². The van der Waals surface area contributed by atoms with Gasteiger partial charge in [0.2, 0.25) is 11.8 Å². The van der Waals surface area contributed by atoms with Crippen molar-refractivity contribution in [2.75, 3.05) is 26.3 Å². The first-order chi connectivity index (χ1) is 9.91. The van der Waals surface area contributed by atoms with Crippen LogP contribution in [0.15, 0.2) is 18.3 Å². The molecule has 0 aromatic carbocycles. The van der Waals surface area contributed by atoms with E-state index in [0.29, 0.717) is 6.61 Å². The summed E-state index contributed by atoms with van der Waals surface area (Å²) in [7, 11) is 0. The summed E-state index contributed by atoms with van der Waals surface area (Å²) in [4.78, 5) is 16.6. The molecule has 1 aliphatic heterocycles. The average molecular weight is 304 g/mol. The van der Waals surface area contributed by atoms with Gasteiger partial charge in [-0.15, -0.1) is 0 Å². The lowest BCUT2D eigenvalue weighted by Gasteiger charge is -2.38. The second kappa shape index (κ2) is 6.30. The van der Waals surface area contributed by atoms with Gasteiger partial charge in [0.25, 0.3) is 0 Å². The molecule has 1 saturated heterocycles. The van der Waals surface area contributed by atoms with Crippen LogP contribution < -0.4 is 4.74 Å². The van der Waals surface area contributed by atoms with Crippen molar-refractivity contribution >= 4 is 5.91 Å². The van der Waals surface area contributed by atoms with Gasteiger partial charge >= 0.3 is 6.18 Å². The lowest BCUT2D eigenvalue weighted by atomic mass is 10.1. The van der Waals surface area contributed by atoms with E-state index in [2.05, 4.69) is 4.98 Å². The molecule has 1 aliphatic rings. The van der Waals surface area contributed by atoms with Gasteiger partial charge in [0, 0.05) is 12.8 Å². The first-order valence-corrected chi connectivity index (χ1v) is 6.46. The fraction of sp³-hybridized carbons (Fsp3) is 0.538. The van der Waals surface area contributed by atoms with Gasteiger partial charge in [0.1, 0.15) is 18.3 Å². The van der Waals surface area contributed by atoms with E-state index < -0.39 is 23.7 Å². The summed E-state index contributed by atoms with van der Waals surface area (Å²) in [5, 5.41) is 0. The lowest BCUT2D eigenvalue weighted by molar-refractivity contribution is -0.148. The minimum atomic E-state index is -4.52. The van der Waals surface area contributed by atoms with Gasteiger partial charge in [-0.25, -0.2) is 4.98 Å². The van der Waals surface area contributed by atoms with Crippen molar-refractivity contribution in [1.82, 2.24) is 9.88 Å². The number of carbonyl (C=O) groups excluding carboxylic acids is 1. The van der Waals surface area contributed by atoms with Gasteiger partial charge < -0.3 is 14.4 Å². The van der Waals surface area contributed by atoms with Crippen LogP contribution >= 0.6 is 0 Å². The third-order valence-corrected chi connectivity index (χ3v) is 2.99. The Morgan fingerprint density at radius 2 is 2.19 bits per heavy atom. The third-order valence-electron chi connectivity index (χ3n) is 2.99.